The molecule has 0 aliphatic carbocycles. The van der Waals surface area contributed by atoms with Crippen molar-refractivity contribution in [3.8, 4) is 0 Å². The van der Waals surface area contributed by atoms with Gasteiger partial charge in [-0.25, -0.2) is 8.78 Å². The number of H-pyrrole nitrogens is 1. The van der Waals surface area contributed by atoms with Crippen LogP contribution in [0.2, 0.25) is 0 Å². The fraction of sp³-hybridized carbons (Fsp3) is 0.167. The molecular weight excluding hydrogens is 260 g/mol. The third-order valence-electron chi connectivity index (χ3n) is 2.59. The first-order valence-electron chi connectivity index (χ1n) is 5.06. The highest BCUT2D eigenvalue weighted by Crippen LogP contribution is 2.22. The van der Waals surface area contributed by atoms with E-state index in [1.54, 1.807) is 6.26 Å². The Morgan fingerprint density at radius 1 is 1.33 bits per heavy atom. The number of rotatable bonds is 2. The van der Waals surface area contributed by atoms with Crippen LogP contribution < -0.4 is 5.43 Å². The number of benzene rings is 1. The maximum Gasteiger partial charge on any atom is 0.201 e. The molecule has 0 radical (unpaired) electrons. The van der Waals surface area contributed by atoms with Crippen molar-refractivity contribution in [3.05, 3.63) is 39.6 Å². The minimum Gasteiger partial charge on any atom is -0.346 e. The predicted octanol–water partition coefficient (Wildman–Crippen LogP) is 2.73. The van der Waals surface area contributed by atoms with Gasteiger partial charge >= 0.3 is 0 Å². The summed E-state index contributed by atoms with van der Waals surface area (Å²) < 4.78 is 26.7. The van der Waals surface area contributed by atoms with E-state index in [-0.39, 0.29) is 21.5 Å². The van der Waals surface area contributed by atoms with E-state index >= 15 is 0 Å². The molecular formula is C12H9F2NO2S. The molecule has 0 spiro atoms. The first-order valence-corrected chi connectivity index (χ1v) is 6.28. The molecule has 0 saturated heterocycles. The van der Waals surface area contributed by atoms with Crippen LogP contribution in [0.1, 0.15) is 17.3 Å². The van der Waals surface area contributed by atoms with Gasteiger partial charge in [0.05, 0.1) is 16.1 Å². The molecule has 1 aromatic carbocycles. The topological polar surface area (TPSA) is 49.9 Å². The van der Waals surface area contributed by atoms with E-state index < -0.39 is 22.8 Å². The maximum atomic E-state index is 13.6. The Labute approximate surface area is 105 Å². The van der Waals surface area contributed by atoms with Gasteiger partial charge in [0.1, 0.15) is 0 Å². The largest absolute Gasteiger partial charge is 0.346 e. The number of thioether (sulfide) groups is 1. The summed E-state index contributed by atoms with van der Waals surface area (Å²) in [6.07, 6.45) is 1.64. The number of aromatic amines is 1. The third-order valence-corrected chi connectivity index (χ3v) is 3.30. The highest BCUT2D eigenvalue weighted by molar-refractivity contribution is 7.98. The van der Waals surface area contributed by atoms with Gasteiger partial charge in [0.2, 0.25) is 5.43 Å². The fourth-order valence-electron chi connectivity index (χ4n) is 1.75. The molecule has 6 heteroatoms. The van der Waals surface area contributed by atoms with E-state index in [0.717, 1.165) is 17.8 Å². The van der Waals surface area contributed by atoms with Crippen molar-refractivity contribution in [1.29, 1.82) is 0 Å². The van der Waals surface area contributed by atoms with Crippen molar-refractivity contribution >= 4 is 28.4 Å². The average Bonchev–Trinajstić information content (AvgIpc) is 2.33. The number of hydrogen-bond acceptors (Lipinski definition) is 3. The van der Waals surface area contributed by atoms with Crippen LogP contribution >= 0.6 is 11.8 Å². The number of nitrogens with one attached hydrogen (secondary N) is 1. The van der Waals surface area contributed by atoms with Crippen molar-refractivity contribution in [2.24, 2.45) is 0 Å². The van der Waals surface area contributed by atoms with E-state index in [1.165, 1.54) is 13.0 Å². The monoisotopic (exact) mass is 269 g/mol. The molecule has 0 atom stereocenters. The Morgan fingerprint density at radius 2 is 2.00 bits per heavy atom. The van der Waals surface area contributed by atoms with Crippen molar-refractivity contribution < 1.29 is 13.6 Å². The molecule has 0 aliphatic heterocycles. The first-order chi connectivity index (χ1) is 8.47. The molecule has 0 unspecified atom stereocenters. The summed E-state index contributed by atoms with van der Waals surface area (Å²) in [5, 5.41) is 0.210. The lowest BCUT2D eigenvalue weighted by Gasteiger charge is -2.07. The van der Waals surface area contributed by atoms with Gasteiger partial charge in [-0.05, 0) is 25.3 Å². The zero-order valence-electron chi connectivity index (χ0n) is 9.64. The second-order valence-corrected chi connectivity index (χ2v) is 4.52. The van der Waals surface area contributed by atoms with Crippen LogP contribution in [0.3, 0.4) is 0 Å². The van der Waals surface area contributed by atoms with Crippen LogP contribution in [0.5, 0.6) is 0 Å². The average molecular weight is 269 g/mol. The second-order valence-electron chi connectivity index (χ2n) is 3.70. The quantitative estimate of drug-likeness (QED) is 0.673. The zero-order chi connectivity index (χ0) is 13.4. The summed E-state index contributed by atoms with van der Waals surface area (Å²) in [7, 11) is 0. The molecule has 1 heterocycles. The summed E-state index contributed by atoms with van der Waals surface area (Å²) in [5.41, 5.74) is -0.824. The number of Topliss-reactive ketones (excluding diaryl/α,β-unsaturated/α-hetero) is 1. The minimum atomic E-state index is -1.12. The number of fused-ring (bicyclic) bond motifs is 1. The lowest BCUT2D eigenvalue weighted by atomic mass is 10.1. The summed E-state index contributed by atoms with van der Waals surface area (Å²) >= 11 is 1.10. The van der Waals surface area contributed by atoms with Gasteiger partial charge in [0, 0.05) is 5.39 Å². The number of carbonyl (C=O) groups excluding carboxylic acids is 1. The Kier molecular flexibility index (Phi) is 3.21. The van der Waals surface area contributed by atoms with Gasteiger partial charge in [-0.15, -0.1) is 11.8 Å². The first kappa shape index (κ1) is 12.8. The molecule has 18 heavy (non-hydrogen) atoms. The number of halogens is 2. The van der Waals surface area contributed by atoms with Crippen molar-refractivity contribution in [3.63, 3.8) is 0 Å². The van der Waals surface area contributed by atoms with Gasteiger partial charge in [-0.3, -0.25) is 9.59 Å². The Hall–Kier alpha value is -1.69. The predicted molar refractivity (Wildman–Crippen MR) is 66.3 cm³/mol. The Bertz CT molecular complexity index is 709. The van der Waals surface area contributed by atoms with Crippen molar-refractivity contribution in [2.45, 2.75) is 11.9 Å². The Morgan fingerprint density at radius 3 is 2.56 bits per heavy atom. The Balaban J connectivity index is 3.00. The van der Waals surface area contributed by atoms with Gasteiger partial charge in [0.25, 0.3) is 0 Å². The molecule has 0 amide bonds. The van der Waals surface area contributed by atoms with Gasteiger partial charge < -0.3 is 4.98 Å². The van der Waals surface area contributed by atoms with E-state index in [0.29, 0.717) is 0 Å². The van der Waals surface area contributed by atoms with Crippen LogP contribution in [0.15, 0.2) is 22.0 Å². The number of aromatic nitrogens is 1. The fourth-order valence-corrected chi connectivity index (χ4v) is 2.39. The van der Waals surface area contributed by atoms with Crippen LogP contribution in [0.4, 0.5) is 8.78 Å². The highest BCUT2D eigenvalue weighted by atomic mass is 32.2. The van der Waals surface area contributed by atoms with Crippen LogP contribution in [0, 0.1) is 11.6 Å². The molecule has 0 saturated carbocycles. The van der Waals surface area contributed by atoms with E-state index in [1.807, 2.05) is 0 Å². The lowest BCUT2D eigenvalue weighted by molar-refractivity contribution is 0.101. The van der Waals surface area contributed by atoms with Crippen LogP contribution in [0.25, 0.3) is 10.9 Å². The van der Waals surface area contributed by atoms with Crippen LogP contribution in [-0.2, 0) is 0 Å². The normalized spacial score (nSPS) is 10.9. The van der Waals surface area contributed by atoms with Gasteiger partial charge in [-0.2, -0.15) is 0 Å². The SMILES string of the molecule is CSc1[nH]c2c(F)c(F)ccc2c(=O)c1C(C)=O. The highest BCUT2D eigenvalue weighted by Gasteiger charge is 2.18. The molecule has 2 rings (SSSR count). The minimum absolute atomic E-state index is 0.0268. The standard InChI is InChI=1S/C12H9F2NO2S/c1-5(16)8-11(17)6-3-4-7(13)9(14)10(6)15-12(8)18-2/h3-4H,1-2H3,(H,15,17). The molecule has 1 aromatic heterocycles. The molecule has 2 aromatic rings. The number of pyridine rings is 1. The molecule has 94 valence electrons. The number of hydrogen-bond donors (Lipinski definition) is 1. The van der Waals surface area contributed by atoms with Gasteiger partial charge in [-0.1, -0.05) is 0 Å². The van der Waals surface area contributed by atoms with Gasteiger partial charge in [0.15, 0.2) is 17.4 Å². The second kappa shape index (κ2) is 4.53. The smallest absolute Gasteiger partial charge is 0.201 e. The molecule has 0 bridgehead atoms. The number of ketones is 1. The molecule has 3 nitrogen and oxygen atoms in total. The van der Waals surface area contributed by atoms with Crippen molar-refractivity contribution in [2.75, 3.05) is 6.26 Å². The van der Waals surface area contributed by atoms with Crippen molar-refractivity contribution in [1.82, 2.24) is 4.98 Å². The molecule has 1 N–H and O–H groups in total. The summed E-state index contributed by atoms with van der Waals surface area (Å²) in [5.74, 6) is -2.57. The zero-order valence-corrected chi connectivity index (χ0v) is 10.5. The summed E-state index contributed by atoms with van der Waals surface area (Å²) in [6.45, 7) is 1.26. The lowest BCUT2D eigenvalue weighted by Crippen LogP contribution is -2.17. The van der Waals surface area contributed by atoms with Crippen LogP contribution in [-0.4, -0.2) is 17.0 Å². The molecule has 0 fully saturated rings. The van der Waals surface area contributed by atoms with E-state index in [9.17, 15) is 18.4 Å². The maximum absolute atomic E-state index is 13.6. The summed E-state index contributed by atoms with van der Waals surface area (Å²) in [6, 6.07) is 2.04. The third kappa shape index (κ3) is 1.82. The number of carbonyl (C=O) groups is 1. The van der Waals surface area contributed by atoms with E-state index in [4.69, 9.17) is 0 Å². The summed E-state index contributed by atoms with van der Waals surface area (Å²) in [4.78, 5) is 26.1. The molecule has 0 aliphatic rings. The van der Waals surface area contributed by atoms with E-state index in [2.05, 4.69) is 4.98 Å².